The van der Waals surface area contributed by atoms with Crippen molar-refractivity contribution in [1.82, 2.24) is 13.9 Å². The van der Waals surface area contributed by atoms with Crippen LogP contribution < -0.4 is 0 Å². The summed E-state index contributed by atoms with van der Waals surface area (Å²) in [6.07, 6.45) is 0.863. The van der Waals surface area contributed by atoms with Crippen LogP contribution in [0.5, 0.6) is 0 Å². The number of sulfonamides is 1. The third kappa shape index (κ3) is 4.14. The number of hydrogen-bond acceptors (Lipinski definition) is 6. The van der Waals surface area contributed by atoms with E-state index < -0.39 is 16.0 Å². The highest BCUT2D eigenvalue weighted by atomic mass is 79.9. The Labute approximate surface area is 176 Å². The fourth-order valence-electron chi connectivity index (χ4n) is 2.74. The molecule has 2 heterocycles. The third-order valence-electron chi connectivity index (χ3n) is 4.13. The van der Waals surface area contributed by atoms with Crippen molar-refractivity contribution in [1.29, 1.82) is 0 Å². The molecule has 0 aliphatic heterocycles. The van der Waals surface area contributed by atoms with Crippen molar-refractivity contribution < 1.29 is 17.9 Å². The molecule has 0 atom stereocenters. The molecule has 7 nitrogen and oxygen atoms in total. The van der Waals surface area contributed by atoms with Gasteiger partial charge >= 0.3 is 5.97 Å². The van der Waals surface area contributed by atoms with E-state index in [1.54, 1.807) is 30.3 Å². The van der Waals surface area contributed by atoms with Crippen LogP contribution in [0.4, 0.5) is 0 Å². The first-order valence-electron chi connectivity index (χ1n) is 8.58. The second kappa shape index (κ2) is 8.32. The molecule has 0 fully saturated rings. The van der Waals surface area contributed by atoms with Crippen molar-refractivity contribution in [2.75, 3.05) is 14.1 Å². The SMILES string of the molecule is CCCn1c(COC(=O)c2ccc(Br)s2)nc2cc(S(=O)(=O)N(C)C)ccc21. The molecule has 0 spiro atoms. The number of hydrogen-bond donors (Lipinski definition) is 0. The molecule has 0 unspecified atom stereocenters. The van der Waals surface area contributed by atoms with Crippen molar-refractivity contribution in [3.8, 4) is 0 Å². The van der Waals surface area contributed by atoms with Crippen molar-refractivity contribution in [3.05, 3.63) is 44.8 Å². The molecule has 1 aromatic carbocycles. The number of imidazole rings is 1. The van der Waals surface area contributed by atoms with Gasteiger partial charge in [0.1, 0.15) is 17.3 Å². The lowest BCUT2D eigenvalue weighted by atomic mass is 10.3. The second-order valence-electron chi connectivity index (χ2n) is 6.30. The largest absolute Gasteiger partial charge is 0.453 e. The summed E-state index contributed by atoms with van der Waals surface area (Å²) in [5.41, 5.74) is 1.37. The zero-order valence-electron chi connectivity index (χ0n) is 15.7. The molecular weight excluding hydrogens is 466 g/mol. The van der Waals surface area contributed by atoms with Gasteiger partial charge in [0, 0.05) is 20.6 Å². The fourth-order valence-corrected chi connectivity index (χ4v) is 4.94. The second-order valence-corrected chi connectivity index (χ2v) is 10.9. The number of halogens is 1. The molecule has 0 N–H and O–H groups in total. The van der Waals surface area contributed by atoms with Crippen LogP contribution in [-0.4, -0.2) is 42.3 Å². The maximum atomic E-state index is 12.4. The number of aromatic nitrogens is 2. The smallest absolute Gasteiger partial charge is 0.348 e. The van der Waals surface area contributed by atoms with Gasteiger partial charge in [-0.25, -0.2) is 22.5 Å². The van der Waals surface area contributed by atoms with Gasteiger partial charge < -0.3 is 9.30 Å². The molecule has 0 amide bonds. The molecule has 0 bridgehead atoms. The average Bonchev–Trinajstić information content (AvgIpc) is 3.23. The highest BCUT2D eigenvalue weighted by Crippen LogP contribution is 2.25. The lowest BCUT2D eigenvalue weighted by Crippen LogP contribution is -2.22. The van der Waals surface area contributed by atoms with E-state index >= 15 is 0 Å². The number of benzene rings is 1. The summed E-state index contributed by atoms with van der Waals surface area (Å²) in [4.78, 5) is 17.4. The van der Waals surface area contributed by atoms with Gasteiger partial charge in [0.05, 0.1) is 19.7 Å². The molecule has 0 saturated heterocycles. The molecular formula is C18H20BrN3O4S2. The maximum Gasteiger partial charge on any atom is 0.348 e. The van der Waals surface area contributed by atoms with Crippen molar-refractivity contribution in [2.24, 2.45) is 0 Å². The van der Waals surface area contributed by atoms with E-state index in [9.17, 15) is 13.2 Å². The number of thiophene rings is 1. The number of carbonyl (C=O) groups is 1. The number of nitrogens with zero attached hydrogens (tertiary/aromatic N) is 3. The quantitative estimate of drug-likeness (QED) is 0.474. The minimum absolute atomic E-state index is 0.0127. The van der Waals surface area contributed by atoms with Crippen molar-refractivity contribution >= 4 is 54.3 Å². The molecule has 10 heteroatoms. The zero-order chi connectivity index (χ0) is 20.5. The summed E-state index contributed by atoms with van der Waals surface area (Å²) < 4.78 is 34.2. The number of ether oxygens (including phenoxy) is 1. The van der Waals surface area contributed by atoms with Crippen LogP contribution in [0.3, 0.4) is 0 Å². The molecule has 0 saturated carbocycles. The first kappa shape index (κ1) is 21.0. The summed E-state index contributed by atoms with van der Waals surface area (Å²) >= 11 is 4.63. The van der Waals surface area contributed by atoms with Crippen molar-refractivity contribution in [3.63, 3.8) is 0 Å². The highest BCUT2D eigenvalue weighted by molar-refractivity contribution is 9.11. The predicted octanol–water partition coefficient (Wildman–Crippen LogP) is 3.88. The van der Waals surface area contributed by atoms with Crippen LogP contribution in [0.25, 0.3) is 11.0 Å². The van der Waals surface area contributed by atoms with Gasteiger partial charge in [0.25, 0.3) is 0 Å². The van der Waals surface area contributed by atoms with E-state index in [4.69, 9.17) is 4.74 Å². The van der Waals surface area contributed by atoms with Gasteiger partial charge in [0.2, 0.25) is 10.0 Å². The summed E-state index contributed by atoms with van der Waals surface area (Å²) in [5.74, 6) is 0.168. The lowest BCUT2D eigenvalue weighted by Gasteiger charge is -2.11. The van der Waals surface area contributed by atoms with E-state index in [0.717, 1.165) is 15.7 Å². The topological polar surface area (TPSA) is 81.5 Å². The molecule has 0 aliphatic carbocycles. The van der Waals surface area contributed by atoms with Gasteiger partial charge in [0.15, 0.2) is 0 Å². The minimum atomic E-state index is -3.55. The minimum Gasteiger partial charge on any atom is -0.453 e. The Morgan fingerprint density at radius 3 is 2.64 bits per heavy atom. The van der Waals surface area contributed by atoms with E-state index in [2.05, 4.69) is 20.9 Å². The van der Waals surface area contributed by atoms with Gasteiger partial charge in [-0.1, -0.05) is 6.92 Å². The van der Waals surface area contributed by atoms with Gasteiger partial charge in [-0.05, 0) is 52.7 Å². The Bertz CT molecular complexity index is 1120. The number of carbonyl (C=O) groups excluding carboxylic acids is 1. The molecule has 0 radical (unpaired) electrons. The van der Waals surface area contributed by atoms with Crippen LogP contribution in [0, 0.1) is 0 Å². The van der Waals surface area contributed by atoms with Gasteiger partial charge in [-0.15, -0.1) is 11.3 Å². The zero-order valence-corrected chi connectivity index (χ0v) is 18.9. The highest BCUT2D eigenvalue weighted by Gasteiger charge is 2.20. The fraction of sp³-hybridized carbons (Fsp3) is 0.333. The Morgan fingerprint density at radius 1 is 1.29 bits per heavy atom. The summed E-state index contributed by atoms with van der Waals surface area (Å²) in [6.45, 7) is 2.74. The summed E-state index contributed by atoms with van der Waals surface area (Å²) in [7, 11) is -0.570. The maximum absolute atomic E-state index is 12.4. The van der Waals surface area contributed by atoms with Crippen molar-refractivity contribution in [2.45, 2.75) is 31.4 Å². The summed E-state index contributed by atoms with van der Waals surface area (Å²) in [5, 5.41) is 0. The first-order valence-corrected chi connectivity index (χ1v) is 11.6. The summed E-state index contributed by atoms with van der Waals surface area (Å²) in [6, 6.07) is 8.36. The van der Waals surface area contributed by atoms with Gasteiger partial charge in [-0.3, -0.25) is 0 Å². The Kier molecular flexibility index (Phi) is 6.23. The monoisotopic (exact) mass is 485 g/mol. The van der Waals surface area contributed by atoms with Crippen LogP contribution >= 0.6 is 27.3 Å². The van der Waals surface area contributed by atoms with Crippen LogP contribution in [0.15, 0.2) is 39.0 Å². The van der Waals surface area contributed by atoms with E-state index in [0.29, 0.717) is 22.8 Å². The van der Waals surface area contributed by atoms with Crippen LogP contribution in [0.1, 0.15) is 28.8 Å². The standard InChI is InChI=1S/C18H20BrN3O4S2/c1-4-9-22-14-6-5-12(28(24,25)21(2)3)10-13(14)20-17(22)11-26-18(23)15-7-8-16(19)27-15/h5-8,10H,4,9,11H2,1-3H3. The lowest BCUT2D eigenvalue weighted by molar-refractivity contribution is 0.0464. The van der Waals surface area contributed by atoms with E-state index in [1.165, 1.54) is 29.7 Å². The van der Waals surface area contributed by atoms with Crippen LogP contribution in [0.2, 0.25) is 0 Å². The molecule has 2 aromatic heterocycles. The van der Waals surface area contributed by atoms with E-state index in [-0.39, 0.29) is 11.5 Å². The third-order valence-corrected chi connectivity index (χ3v) is 7.55. The molecule has 0 aliphatic rings. The Morgan fingerprint density at radius 2 is 2.04 bits per heavy atom. The predicted molar refractivity (Wildman–Crippen MR) is 112 cm³/mol. The molecule has 28 heavy (non-hydrogen) atoms. The molecule has 3 aromatic rings. The number of fused-ring (bicyclic) bond motifs is 1. The number of aryl methyl sites for hydroxylation is 1. The van der Waals surface area contributed by atoms with E-state index in [1.807, 2.05) is 11.5 Å². The Hall–Kier alpha value is -1.75. The Balaban J connectivity index is 1.92. The number of rotatable bonds is 7. The average molecular weight is 486 g/mol. The van der Waals surface area contributed by atoms with Crippen LogP contribution in [-0.2, 0) is 27.9 Å². The molecule has 3 rings (SSSR count). The normalized spacial score (nSPS) is 12.0. The number of esters is 1. The molecule has 150 valence electrons. The van der Waals surface area contributed by atoms with Gasteiger partial charge in [-0.2, -0.15) is 0 Å². The first-order chi connectivity index (χ1) is 13.2.